The molecule has 0 heterocycles. The third-order valence-electron chi connectivity index (χ3n) is 9.69. The fraction of sp³-hybridized carbons (Fsp3) is 0.630. The Morgan fingerprint density at radius 1 is 0.967 bits per heavy atom. The van der Waals surface area contributed by atoms with Crippen molar-refractivity contribution in [1.29, 1.82) is 0 Å². The average molecular weight is 470 g/mol. The van der Waals surface area contributed by atoms with Gasteiger partial charge in [-0.25, -0.2) is 0 Å². The third kappa shape index (κ3) is 2.81. The van der Waals surface area contributed by atoms with Crippen molar-refractivity contribution in [3.8, 4) is 0 Å². The standard InChI is InChI=1S/C27H34O2Se/c1-18(28)27(30-21-7-5-4-6-8-21)16-13-24-22-10-9-19-17-20(29)11-14-25(19,2)23(22)12-15-26(24,27)3/h4-8,17,22-24H,9-16H2,1-3H3/t22-,23-,24-,25-,26-,27+/m0/s1. The zero-order chi connectivity index (χ0) is 21.1. The van der Waals surface area contributed by atoms with Gasteiger partial charge in [0.2, 0.25) is 0 Å². The molecule has 1 aromatic carbocycles. The number of Topliss-reactive ketones (excluding diaryl/α,β-unsaturated/α-hetero) is 1. The first-order chi connectivity index (χ1) is 14.3. The van der Waals surface area contributed by atoms with E-state index >= 15 is 0 Å². The molecule has 3 heteroatoms. The molecule has 0 radical (unpaired) electrons. The zero-order valence-electron chi connectivity index (χ0n) is 18.6. The number of carbonyl (C=O) groups excluding carboxylic acids is 2. The summed E-state index contributed by atoms with van der Waals surface area (Å²) in [7, 11) is 0. The van der Waals surface area contributed by atoms with Crippen LogP contribution in [-0.2, 0) is 9.59 Å². The fourth-order valence-corrected chi connectivity index (χ4v) is 11.3. The summed E-state index contributed by atoms with van der Waals surface area (Å²) in [6, 6.07) is 10.8. The summed E-state index contributed by atoms with van der Waals surface area (Å²) in [5.74, 6) is 2.83. The van der Waals surface area contributed by atoms with E-state index in [0.29, 0.717) is 29.3 Å². The monoisotopic (exact) mass is 470 g/mol. The van der Waals surface area contributed by atoms with Crippen LogP contribution in [0.25, 0.3) is 0 Å². The van der Waals surface area contributed by atoms with Crippen molar-refractivity contribution in [3.05, 3.63) is 42.0 Å². The third-order valence-corrected chi connectivity index (χ3v) is 13.5. The molecule has 0 aliphatic heterocycles. The van der Waals surface area contributed by atoms with Crippen molar-refractivity contribution < 1.29 is 9.59 Å². The van der Waals surface area contributed by atoms with Gasteiger partial charge in [-0.15, -0.1) is 0 Å². The molecular weight excluding hydrogens is 435 g/mol. The number of fused-ring (bicyclic) bond motifs is 5. The molecule has 2 nitrogen and oxygen atoms in total. The normalized spacial score (nSPS) is 42.7. The summed E-state index contributed by atoms with van der Waals surface area (Å²) < 4.78 is 1.21. The molecule has 1 aromatic rings. The van der Waals surface area contributed by atoms with E-state index in [4.69, 9.17) is 0 Å². The molecule has 5 rings (SSSR count). The molecule has 0 spiro atoms. The van der Waals surface area contributed by atoms with Gasteiger partial charge in [0.25, 0.3) is 0 Å². The van der Waals surface area contributed by atoms with E-state index in [-0.39, 0.29) is 30.1 Å². The van der Waals surface area contributed by atoms with Crippen LogP contribution >= 0.6 is 0 Å². The molecule has 6 atom stereocenters. The van der Waals surface area contributed by atoms with Crippen LogP contribution in [0.5, 0.6) is 0 Å². The van der Waals surface area contributed by atoms with Crippen molar-refractivity contribution in [1.82, 2.24) is 0 Å². The molecule has 30 heavy (non-hydrogen) atoms. The van der Waals surface area contributed by atoms with Gasteiger partial charge in [-0.1, -0.05) is 0 Å². The molecule has 0 unspecified atom stereocenters. The summed E-state index contributed by atoms with van der Waals surface area (Å²) in [5.41, 5.74) is 1.77. The van der Waals surface area contributed by atoms with Crippen LogP contribution in [0.3, 0.4) is 0 Å². The Hall–Kier alpha value is -1.18. The van der Waals surface area contributed by atoms with Gasteiger partial charge in [-0.2, -0.15) is 0 Å². The Balaban J connectivity index is 1.50. The van der Waals surface area contributed by atoms with Gasteiger partial charge in [0.05, 0.1) is 0 Å². The van der Waals surface area contributed by atoms with Crippen molar-refractivity contribution >= 4 is 31.0 Å². The topological polar surface area (TPSA) is 34.1 Å². The molecular formula is C27H34O2Se. The van der Waals surface area contributed by atoms with Gasteiger partial charge in [0.1, 0.15) is 0 Å². The second-order valence-electron chi connectivity index (χ2n) is 10.8. The first-order valence-electron chi connectivity index (χ1n) is 11.8. The van der Waals surface area contributed by atoms with E-state index in [9.17, 15) is 9.59 Å². The molecule has 3 fully saturated rings. The average Bonchev–Trinajstić information content (AvgIpc) is 3.03. The van der Waals surface area contributed by atoms with Crippen LogP contribution in [0, 0.1) is 28.6 Å². The van der Waals surface area contributed by atoms with Gasteiger partial charge in [0, 0.05) is 0 Å². The second kappa shape index (κ2) is 7.17. The second-order valence-corrected chi connectivity index (χ2v) is 13.6. The minimum atomic E-state index is -0.156. The van der Waals surface area contributed by atoms with E-state index in [1.807, 2.05) is 13.0 Å². The number of hydrogen-bond donors (Lipinski definition) is 0. The van der Waals surface area contributed by atoms with Crippen molar-refractivity contribution in [2.75, 3.05) is 0 Å². The summed E-state index contributed by atoms with van der Waals surface area (Å²) in [6.45, 7) is 6.80. The maximum atomic E-state index is 13.3. The van der Waals surface area contributed by atoms with Crippen LogP contribution in [-0.4, -0.2) is 26.5 Å². The van der Waals surface area contributed by atoms with Gasteiger partial charge in [-0.05, 0) is 0 Å². The van der Waals surface area contributed by atoms with Crippen molar-refractivity contribution in [3.63, 3.8) is 0 Å². The molecule has 3 saturated carbocycles. The summed E-state index contributed by atoms with van der Waals surface area (Å²) in [4.78, 5) is 25.4. The van der Waals surface area contributed by atoms with Gasteiger partial charge < -0.3 is 0 Å². The number of allylic oxidation sites excluding steroid dienone is 1. The van der Waals surface area contributed by atoms with E-state index in [2.05, 4.69) is 44.2 Å². The van der Waals surface area contributed by atoms with Crippen LogP contribution in [0.2, 0.25) is 4.31 Å². The molecule has 4 aliphatic carbocycles. The number of rotatable bonds is 3. The van der Waals surface area contributed by atoms with Gasteiger partial charge in [-0.3, -0.25) is 0 Å². The molecule has 160 valence electrons. The number of hydrogen-bond acceptors (Lipinski definition) is 2. The molecule has 4 aliphatic rings. The molecule has 0 amide bonds. The predicted molar refractivity (Wildman–Crippen MR) is 122 cm³/mol. The van der Waals surface area contributed by atoms with Crippen molar-refractivity contribution in [2.45, 2.75) is 76.5 Å². The van der Waals surface area contributed by atoms with E-state index in [1.54, 1.807) is 0 Å². The fourth-order valence-electron chi connectivity index (χ4n) is 8.07. The summed E-state index contributed by atoms with van der Waals surface area (Å²) in [6.07, 6.45) is 10.7. The summed E-state index contributed by atoms with van der Waals surface area (Å²) >= 11 is 0.178. The molecule has 0 saturated heterocycles. The minimum absolute atomic E-state index is 0.123. The number of carbonyl (C=O) groups is 2. The Morgan fingerprint density at radius 3 is 2.43 bits per heavy atom. The Morgan fingerprint density at radius 2 is 1.70 bits per heavy atom. The van der Waals surface area contributed by atoms with Crippen molar-refractivity contribution in [2.24, 2.45) is 28.6 Å². The Kier molecular flexibility index (Phi) is 4.95. The maximum absolute atomic E-state index is 13.3. The first-order valence-corrected chi connectivity index (χ1v) is 13.5. The number of ketones is 2. The zero-order valence-corrected chi connectivity index (χ0v) is 20.3. The van der Waals surface area contributed by atoms with Crippen LogP contribution in [0.4, 0.5) is 0 Å². The van der Waals surface area contributed by atoms with E-state index in [1.165, 1.54) is 35.7 Å². The van der Waals surface area contributed by atoms with Crippen LogP contribution in [0.1, 0.15) is 72.1 Å². The molecule has 0 N–H and O–H groups in total. The van der Waals surface area contributed by atoms with Gasteiger partial charge in [0.15, 0.2) is 0 Å². The predicted octanol–water partition coefficient (Wildman–Crippen LogP) is 5.30. The van der Waals surface area contributed by atoms with E-state index in [0.717, 1.165) is 25.7 Å². The Bertz CT molecular complexity index is 905. The number of benzene rings is 1. The quantitative estimate of drug-likeness (QED) is 0.564. The first kappa shape index (κ1) is 20.7. The molecule has 0 aromatic heterocycles. The van der Waals surface area contributed by atoms with E-state index < -0.39 is 0 Å². The summed E-state index contributed by atoms with van der Waals surface area (Å²) in [5, 5.41) is 0. The van der Waals surface area contributed by atoms with Gasteiger partial charge >= 0.3 is 188 Å². The Labute approximate surface area is 187 Å². The molecule has 0 bridgehead atoms. The SMILES string of the molecule is CC(=O)[C@]1([Se]c2ccccc2)CC[C@H]2[C@H]3CCC4=CC(=O)CC[C@]4(C)[C@H]3CC[C@@]21C. The van der Waals surface area contributed by atoms with Crippen LogP contribution in [0.15, 0.2) is 42.0 Å². The van der Waals surface area contributed by atoms with Crippen LogP contribution < -0.4 is 4.46 Å².